The number of carbonyl (C=O) groups excluding carboxylic acids is 1. The van der Waals surface area contributed by atoms with E-state index in [-0.39, 0.29) is 11.8 Å². The number of rotatable bonds is 7. The first-order valence-electron chi connectivity index (χ1n) is 5.99. The minimum atomic E-state index is 0.0934. The van der Waals surface area contributed by atoms with Crippen LogP contribution in [-0.4, -0.2) is 28.9 Å². The summed E-state index contributed by atoms with van der Waals surface area (Å²) in [6.07, 6.45) is 1.66. The first kappa shape index (κ1) is 15.4. The molecule has 0 aromatic rings. The first-order valence-corrected chi connectivity index (χ1v) is 6.40. The van der Waals surface area contributed by atoms with Crippen LogP contribution in [0.25, 0.3) is 0 Å². The van der Waals surface area contributed by atoms with Crippen LogP contribution in [0.4, 0.5) is 0 Å². The number of carbonyl (C=O) groups is 1. The van der Waals surface area contributed by atoms with Crippen LogP contribution in [0.5, 0.6) is 0 Å². The summed E-state index contributed by atoms with van der Waals surface area (Å²) in [6.45, 7) is 9.51. The Morgan fingerprint density at radius 1 is 1.38 bits per heavy atom. The molecule has 94 valence electrons. The Bertz CT molecular complexity index is 243. The van der Waals surface area contributed by atoms with Gasteiger partial charge < -0.3 is 10.6 Å². The molecule has 1 amide bonds. The number of nitrogens with zero attached hydrogens (tertiary/aromatic N) is 1. The quantitative estimate of drug-likeness (QED) is 0.698. The summed E-state index contributed by atoms with van der Waals surface area (Å²) in [7, 11) is 0. The zero-order chi connectivity index (χ0) is 12.7. The van der Waals surface area contributed by atoms with Gasteiger partial charge in [0.05, 0.1) is 4.99 Å². The lowest BCUT2D eigenvalue weighted by Crippen LogP contribution is -2.38. The summed E-state index contributed by atoms with van der Waals surface area (Å²) in [5.41, 5.74) is 5.56. The molecule has 3 nitrogen and oxygen atoms in total. The maximum absolute atomic E-state index is 11.9. The van der Waals surface area contributed by atoms with Crippen LogP contribution in [0.2, 0.25) is 0 Å². The number of thiocarbonyl (C=S) groups is 1. The van der Waals surface area contributed by atoms with E-state index in [0.29, 0.717) is 23.9 Å². The fourth-order valence-corrected chi connectivity index (χ4v) is 1.47. The van der Waals surface area contributed by atoms with Crippen molar-refractivity contribution in [1.82, 2.24) is 4.90 Å². The molecule has 0 aliphatic carbocycles. The standard InChI is InChI=1S/C12H24N2OS/c1-5-9(3)7-11(15)14(6-2)8-10(4)12(13)16/h9-10H,5-8H2,1-4H3,(H2,13,16). The summed E-state index contributed by atoms with van der Waals surface area (Å²) in [5.74, 6) is 0.748. The molecule has 4 heteroatoms. The van der Waals surface area contributed by atoms with Crippen LogP contribution < -0.4 is 5.73 Å². The highest BCUT2D eigenvalue weighted by Gasteiger charge is 2.17. The third-order valence-electron chi connectivity index (χ3n) is 2.93. The van der Waals surface area contributed by atoms with Crippen LogP contribution in [0.1, 0.15) is 40.5 Å². The van der Waals surface area contributed by atoms with E-state index < -0.39 is 0 Å². The van der Waals surface area contributed by atoms with Gasteiger partial charge in [0.2, 0.25) is 5.91 Å². The van der Waals surface area contributed by atoms with Gasteiger partial charge in [-0.05, 0) is 12.8 Å². The van der Waals surface area contributed by atoms with E-state index >= 15 is 0 Å². The van der Waals surface area contributed by atoms with Crippen LogP contribution in [0.3, 0.4) is 0 Å². The number of amides is 1. The molecule has 0 rings (SSSR count). The maximum atomic E-state index is 11.9. The summed E-state index contributed by atoms with van der Waals surface area (Å²) in [4.78, 5) is 14.3. The zero-order valence-electron chi connectivity index (χ0n) is 10.8. The molecule has 2 unspecified atom stereocenters. The van der Waals surface area contributed by atoms with Gasteiger partial charge in [-0.3, -0.25) is 4.79 Å². The van der Waals surface area contributed by atoms with Gasteiger partial charge in [-0.1, -0.05) is 39.4 Å². The van der Waals surface area contributed by atoms with Gasteiger partial charge in [0.15, 0.2) is 0 Å². The van der Waals surface area contributed by atoms with Crippen molar-refractivity contribution in [3.05, 3.63) is 0 Å². The largest absolute Gasteiger partial charge is 0.393 e. The lowest BCUT2D eigenvalue weighted by molar-refractivity contribution is -0.132. The predicted molar refractivity (Wildman–Crippen MR) is 72.3 cm³/mol. The van der Waals surface area contributed by atoms with E-state index in [0.717, 1.165) is 13.0 Å². The number of hydrogen-bond donors (Lipinski definition) is 1. The minimum absolute atomic E-state index is 0.0934. The highest BCUT2D eigenvalue weighted by Crippen LogP contribution is 2.10. The Morgan fingerprint density at radius 3 is 2.31 bits per heavy atom. The van der Waals surface area contributed by atoms with Crippen molar-refractivity contribution in [1.29, 1.82) is 0 Å². The highest BCUT2D eigenvalue weighted by atomic mass is 32.1. The van der Waals surface area contributed by atoms with Crippen molar-refractivity contribution >= 4 is 23.1 Å². The average molecular weight is 244 g/mol. The summed E-state index contributed by atoms with van der Waals surface area (Å²) in [6, 6.07) is 0. The zero-order valence-corrected chi connectivity index (χ0v) is 11.6. The monoisotopic (exact) mass is 244 g/mol. The Balaban J connectivity index is 4.27. The SMILES string of the molecule is CCC(C)CC(=O)N(CC)CC(C)C(N)=S. The molecule has 0 saturated carbocycles. The molecule has 2 atom stereocenters. The molecule has 0 saturated heterocycles. The molecule has 0 heterocycles. The summed E-state index contributed by atoms with van der Waals surface area (Å²) in [5, 5.41) is 0. The van der Waals surface area contributed by atoms with Crippen molar-refractivity contribution in [2.45, 2.75) is 40.5 Å². The molecule has 0 aromatic heterocycles. The highest BCUT2D eigenvalue weighted by molar-refractivity contribution is 7.80. The van der Waals surface area contributed by atoms with E-state index in [9.17, 15) is 4.79 Å². The normalized spacial score (nSPS) is 14.2. The van der Waals surface area contributed by atoms with Gasteiger partial charge in [0.1, 0.15) is 0 Å². The molecule has 0 radical (unpaired) electrons. The summed E-state index contributed by atoms with van der Waals surface area (Å²) >= 11 is 4.92. The van der Waals surface area contributed by atoms with Crippen molar-refractivity contribution in [2.75, 3.05) is 13.1 Å². The van der Waals surface area contributed by atoms with E-state index in [1.54, 1.807) is 0 Å². The van der Waals surface area contributed by atoms with Crippen LogP contribution in [0.15, 0.2) is 0 Å². The van der Waals surface area contributed by atoms with Gasteiger partial charge in [-0.2, -0.15) is 0 Å². The molecule has 0 aromatic carbocycles. The van der Waals surface area contributed by atoms with Crippen LogP contribution in [-0.2, 0) is 4.79 Å². The topological polar surface area (TPSA) is 46.3 Å². The molecule has 0 aliphatic rings. The number of nitrogens with two attached hydrogens (primary N) is 1. The van der Waals surface area contributed by atoms with Gasteiger partial charge in [0.25, 0.3) is 0 Å². The molecule has 2 N–H and O–H groups in total. The summed E-state index contributed by atoms with van der Waals surface area (Å²) < 4.78 is 0. The van der Waals surface area contributed by atoms with Crippen molar-refractivity contribution in [2.24, 2.45) is 17.6 Å². The van der Waals surface area contributed by atoms with Gasteiger partial charge >= 0.3 is 0 Å². The second kappa shape index (κ2) is 7.60. The van der Waals surface area contributed by atoms with Crippen molar-refractivity contribution < 1.29 is 4.79 Å². The van der Waals surface area contributed by atoms with E-state index in [4.69, 9.17) is 18.0 Å². The first-order chi connectivity index (χ1) is 7.42. The lowest BCUT2D eigenvalue weighted by Gasteiger charge is -2.25. The Kier molecular flexibility index (Phi) is 7.30. The minimum Gasteiger partial charge on any atom is -0.393 e. The predicted octanol–water partition coefficient (Wildman–Crippen LogP) is 2.19. The van der Waals surface area contributed by atoms with Gasteiger partial charge in [-0.25, -0.2) is 0 Å². The lowest BCUT2D eigenvalue weighted by atomic mass is 10.0. The van der Waals surface area contributed by atoms with Crippen molar-refractivity contribution in [3.63, 3.8) is 0 Å². The fourth-order valence-electron chi connectivity index (χ4n) is 1.40. The number of hydrogen-bond acceptors (Lipinski definition) is 2. The Morgan fingerprint density at radius 2 is 1.94 bits per heavy atom. The van der Waals surface area contributed by atoms with Gasteiger partial charge in [0, 0.05) is 25.4 Å². The third kappa shape index (κ3) is 5.45. The fraction of sp³-hybridized carbons (Fsp3) is 0.833. The molecular formula is C12H24N2OS. The van der Waals surface area contributed by atoms with Crippen LogP contribution >= 0.6 is 12.2 Å². The molecule has 0 spiro atoms. The molecule has 0 bridgehead atoms. The molecular weight excluding hydrogens is 220 g/mol. The van der Waals surface area contributed by atoms with Crippen molar-refractivity contribution in [3.8, 4) is 0 Å². The Labute approximate surface area is 104 Å². The van der Waals surface area contributed by atoms with E-state index in [1.165, 1.54) is 0 Å². The Hall–Kier alpha value is -0.640. The van der Waals surface area contributed by atoms with E-state index in [1.807, 2.05) is 18.7 Å². The smallest absolute Gasteiger partial charge is 0.222 e. The second-order valence-corrected chi connectivity index (χ2v) is 4.92. The van der Waals surface area contributed by atoms with Gasteiger partial charge in [-0.15, -0.1) is 0 Å². The average Bonchev–Trinajstić information content (AvgIpc) is 2.24. The maximum Gasteiger partial charge on any atom is 0.222 e. The second-order valence-electron chi connectivity index (χ2n) is 4.45. The molecule has 16 heavy (non-hydrogen) atoms. The third-order valence-corrected chi connectivity index (χ3v) is 3.34. The van der Waals surface area contributed by atoms with Crippen LogP contribution in [0, 0.1) is 11.8 Å². The van der Waals surface area contributed by atoms with E-state index in [2.05, 4.69) is 13.8 Å². The molecule has 0 fully saturated rings. The molecule has 0 aliphatic heterocycles.